The van der Waals surface area contributed by atoms with Crippen LogP contribution in [0.15, 0.2) is 82.6 Å². The fourth-order valence-corrected chi connectivity index (χ4v) is 4.82. The SMILES string of the molecule is O=S(=O)(Nc1ccccc1S(=O)(=O)Nc1ccccc1)c1ccc(F)cc1F. The van der Waals surface area contributed by atoms with Gasteiger partial charge in [-0.1, -0.05) is 30.3 Å². The van der Waals surface area contributed by atoms with Crippen LogP contribution >= 0.6 is 0 Å². The fraction of sp³-hybridized carbons (Fsp3) is 0. The predicted molar refractivity (Wildman–Crippen MR) is 101 cm³/mol. The van der Waals surface area contributed by atoms with Gasteiger partial charge in [-0.25, -0.2) is 25.6 Å². The largest absolute Gasteiger partial charge is 0.280 e. The Balaban J connectivity index is 1.98. The van der Waals surface area contributed by atoms with Crippen molar-refractivity contribution in [1.82, 2.24) is 0 Å². The number of nitrogens with one attached hydrogen (secondary N) is 2. The van der Waals surface area contributed by atoms with Crippen LogP contribution in [0.5, 0.6) is 0 Å². The highest BCUT2D eigenvalue weighted by atomic mass is 32.2. The van der Waals surface area contributed by atoms with Crippen LogP contribution in [-0.4, -0.2) is 16.8 Å². The van der Waals surface area contributed by atoms with E-state index in [4.69, 9.17) is 0 Å². The van der Waals surface area contributed by atoms with E-state index >= 15 is 0 Å². The number of rotatable bonds is 6. The lowest BCUT2D eigenvalue weighted by Gasteiger charge is -2.14. The molecule has 3 aromatic rings. The number of benzene rings is 3. The van der Waals surface area contributed by atoms with Gasteiger partial charge in [-0.05, 0) is 36.4 Å². The first-order valence-corrected chi connectivity index (χ1v) is 10.8. The molecule has 0 atom stereocenters. The van der Waals surface area contributed by atoms with Crippen LogP contribution in [0.2, 0.25) is 0 Å². The highest BCUT2D eigenvalue weighted by Gasteiger charge is 2.24. The molecule has 0 amide bonds. The summed E-state index contributed by atoms with van der Waals surface area (Å²) in [6.07, 6.45) is 0. The van der Waals surface area contributed by atoms with Crippen molar-refractivity contribution < 1.29 is 25.6 Å². The summed E-state index contributed by atoms with van der Waals surface area (Å²) in [7, 11) is -8.65. The molecule has 10 heteroatoms. The monoisotopic (exact) mass is 424 g/mol. The molecule has 0 aliphatic carbocycles. The molecule has 0 fully saturated rings. The Morgan fingerprint density at radius 2 is 1.25 bits per heavy atom. The average molecular weight is 424 g/mol. The molecule has 0 radical (unpaired) electrons. The summed E-state index contributed by atoms with van der Waals surface area (Å²) in [5, 5.41) is 0. The Morgan fingerprint density at radius 3 is 1.93 bits per heavy atom. The summed E-state index contributed by atoms with van der Waals surface area (Å²) in [6.45, 7) is 0. The molecule has 0 aromatic heterocycles. The molecule has 3 rings (SSSR count). The van der Waals surface area contributed by atoms with Crippen LogP contribution in [0.4, 0.5) is 20.2 Å². The lowest BCUT2D eigenvalue weighted by Crippen LogP contribution is -2.19. The van der Waals surface area contributed by atoms with Crippen LogP contribution in [0.25, 0.3) is 0 Å². The van der Waals surface area contributed by atoms with E-state index in [1.807, 2.05) is 4.72 Å². The second-order valence-corrected chi connectivity index (χ2v) is 8.95. The maximum absolute atomic E-state index is 13.9. The molecule has 146 valence electrons. The third-order valence-electron chi connectivity index (χ3n) is 3.63. The second-order valence-electron chi connectivity index (χ2n) is 5.65. The highest BCUT2D eigenvalue weighted by Crippen LogP contribution is 2.27. The minimum atomic E-state index is -4.50. The molecule has 0 heterocycles. The third kappa shape index (κ3) is 4.29. The van der Waals surface area contributed by atoms with Gasteiger partial charge >= 0.3 is 0 Å². The van der Waals surface area contributed by atoms with Gasteiger partial charge in [0.1, 0.15) is 21.4 Å². The van der Waals surface area contributed by atoms with Gasteiger partial charge in [0, 0.05) is 11.8 Å². The molecule has 2 N–H and O–H groups in total. The molecule has 0 unspecified atom stereocenters. The first kappa shape index (κ1) is 19.8. The van der Waals surface area contributed by atoms with E-state index in [1.54, 1.807) is 18.2 Å². The minimum absolute atomic E-state index is 0.282. The van der Waals surface area contributed by atoms with Crippen molar-refractivity contribution in [3.63, 3.8) is 0 Å². The lowest BCUT2D eigenvalue weighted by atomic mass is 10.3. The molecule has 0 aliphatic rings. The molecule has 28 heavy (non-hydrogen) atoms. The van der Waals surface area contributed by atoms with Crippen molar-refractivity contribution in [2.75, 3.05) is 9.44 Å². The van der Waals surface area contributed by atoms with Crippen molar-refractivity contribution in [2.24, 2.45) is 0 Å². The predicted octanol–water partition coefficient (Wildman–Crippen LogP) is 3.57. The molecule has 0 saturated heterocycles. The van der Waals surface area contributed by atoms with Crippen molar-refractivity contribution >= 4 is 31.4 Å². The topological polar surface area (TPSA) is 92.3 Å². The zero-order valence-corrected chi connectivity index (χ0v) is 15.8. The van der Waals surface area contributed by atoms with Gasteiger partial charge in [0.25, 0.3) is 20.0 Å². The first-order chi connectivity index (χ1) is 13.2. The van der Waals surface area contributed by atoms with E-state index in [1.165, 1.54) is 36.4 Å². The Morgan fingerprint density at radius 1 is 0.643 bits per heavy atom. The Kier molecular flexibility index (Phi) is 5.34. The molecule has 6 nitrogen and oxygen atoms in total. The van der Waals surface area contributed by atoms with E-state index in [2.05, 4.69) is 4.72 Å². The van der Waals surface area contributed by atoms with Crippen molar-refractivity contribution in [3.05, 3.63) is 84.4 Å². The zero-order chi connectivity index (χ0) is 20.4. The summed E-state index contributed by atoms with van der Waals surface area (Å²) in [4.78, 5) is -1.16. The number of hydrogen-bond acceptors (Lipinski definition) is 4. The third-order valence-corrected chi connectivity index (χ3v) is 6.47. The van der Waals surface area contributed by atoms with E-state index < -0.39 is 36.6 Å². The van der Waals surface area contributed by atoms with Gasteiger partial charge in [0.2, 0.25) is 0 Å². The highest BCUT2D eigenvalue weighted by molar-refractivity contribution is 7.94. The maximum atomic E-state index is 13.9. The number of halogens is 2. The maximum Gasteiger partial charge on any atom is 0.264 e. The normalized spacial score (nSPS) is 11.8. The van der Waals surface area contributed by atoms with Crippen molar-refractivity contribution in [3.8, 4) is 0 Å². The van der Waals surface area contributed by atoms with Gasteiger partial charge in [-0.3, -0.25) is 9.44 Å². The smallest absolute Gasteiger partial charge is 0.264 e. The van der Waals surface area contributed by atoms with Crippen LogP contribution in [-0.2, 0) is 20.0 Å². The summed E-state index contributed by atoms with van der Waals surface area (Å²) in [5.41, 5.74) is -0.000560. The van der Waals surface area contributed by atoms with E-state index in [0.29, 0.717) is 6.07 Å². The van der Waals surface area contributed by atoms with Crippen molar-refractivity contribution in [1.29, 1.82) is 0 Å². The number of sulfonamides is 2. The fourth-order valence-electron chi connectivity index (χ4n) is 2.39. The van der Waals surface area contributed by atoms with E-state index in [9.17, 15) is 25.6 Å². The quantitative estimate of drug-likeness (QED) is 0.633. The van der Waals surface area contributed by atoms with Crippen LogP contribution in [0.3, 0.4) is 0 Å². The lowest BCUT2D eigenvalue weighted by molar-refractivity contribution is 0.551. The second kappa shape index (κ2) is 7.56. The number of anilines is 2. The molecule has 0 aliphatic heterocycles. The molecule has 0 spiro atoms. The molecule has 0 saturated carbocycles. The molecule has 3 aromatic carbocycles. The minimum Gasteiger partial charge on any atom is -0.280 e. The van der Waals surface area contributed by atoms with Gasteiger partial charge in [0.05, 0.1) is 5.69 Å². The number of para-hydroxylation sites is 2. The molecule has 0 bridgehead atoms. The van der Waals surface area contributed by atoms with E-state index in [0.717, 1.165) is 12.1 Å². The number of hydrogen-bond donors (Lipinski definition) is 2. The average Bonchev–Trinajstić information content (AvgIpc) is 2.62. The van der Waals surface area contributed by atoms with Gasteiger partial charge < -0.3 is 0 Å². The van der Waals surface area contributed by atoms with Gasteiger partial charge in [0.15, 0.2) is 0 Å². The van der Waals surface area contributed by atoms with Crippen LogP contribution < -0.4 is 9.44 Å². The van der Waals surface area contributed by atoms with Gasteiger partial charge in [-0.15, -0.1) is 0 Å². The summed E-state index contributed by atoms with van der Waals surface area (Å²) in [5.74, 6) is -2.23. The van der Waals surface area contributed by atoms with E-state index in [-0.39, 0.29) is 16.3 Å². The Labute approximate surface area is 160 Å². The molecular weight excluding hydrogens is 410 g/mol. The Hall–Kier alpha value is -2.98. The van der Waals surface area contributed by atoms with Crippen LogP contribution in [0.1, 0.15) is 0 Å². The molecular formula is C18H14F2N2O4S2. The Bertz CT molecular complexity index is 1220. The zero-order valence-electron chi connectivity index (χ0n) is 14.1. The van der Waals surface area contributed by atoms with Gasteiger partial charge in [-0.2, -0.15) is 0 Å². The standard InChI is InChI=1S/C18H14F2N2O4S2/c19-13-10-11-17(15(20)12-13)27(23,24)22-16-8-4-5-9-18(16)28(25,26)21-14-6-2-1-3-7-14/h1-12,21-22H. The first-order valence-electron chi connectivity index (χ1n) is 7.84. The van der Waals surface area contributed by atoms with Crippen LogP contribution in [0, 0.1) is 11.6 Å². The van der Waals surface area contributed by atoms with Crippen molar-refractivity contribution in [2.45, 2.75) is 9.79 Å². The summed E-state index contributed by atoms with van der Waals surface area (Å²) < 4.78 is 81.6. The summed E-state index contributed by atoms with van der Waals surface area (Å²) in [6, 6.07) is 15.2. The summed E-state index contributed by atoms with van der Waals surface area (Å²) >= 11 is 0.